The number of amides is 1. The molecule has 1 aromatic rings. The number of carbonyl (C=O) groups excluding carboxylic acids is 3. The number of anilines is 1. The van der Waals surface area contributed by atoms with E-state index in [-0.39, 0.29) is 23.9 Å². The van der Waals surface area contributed by atoms with Gasteiger partial charge in [-0.1, -0.05) is 18.2 Å². The first-order valence-corrected chi connectivity index (χ1v) is 6.94. The molecule has 2 rings (SSSR count). The Balaban J connectivity index is 2.16. The van der Waals surface area contributed by atoms with E-state index in [1.807, 2.05) is 18.2 Å². The predicted molar refractivity (Wildman–Crippen MR) is 76.3 cm³/mol. The van der Waals surface area contributed by atoms with Crippen molar-refractivity contribution in [2.45, 2.75) is 39.0 Å². The molecule has 0 radical (unpaired) electrons. The average Bonchev–Trinajstić information content (AvgIpc) is 2.80. The van der Waals surface area contributed by atoms with Gasteiger partial charge in [0.15, 0.2) is 0 Å². The van der Waals surface area contributed by atoms with Crippen molar-refractivity contribution in [2.75, 3.05) is 5.32 Å². The maximum absolute atomic E-state index is 12.5. The Morgan fingerprint density at radius 3 is 2.50 bits per heavy atom. The van der Waals surface area contributed by atoms with Crippen molar-refractivity contribution in [1.29, 1.82) is 0 Å². The minimum atomic E-state index is -1.01. The second kappa shape index (κ2) is 5.99. The van der Waals surface area contributed by atoms with Gasteiger partial charge in [-0.3, -0.25) is 9.59 Å². The molecule has 0 aromatic heterocycles. The highest BCUT2D eigenvalue weighted by molar-refractivity contribution is 6.12. The Kier molecular flexibility index (Phi) is 4.32. The molecule has 1 aliphatic rings. The molecule has 106 valence electrons. The smallest absolute Gasteiger partial charge is 0.238 e. The van der Waals surface area contributed by atoms with E-state index >= 15 is 0 Å². The van der Waals surface area contributed by atoms with Crippen molar-refractivity contribution < 1.29 is 14.4 Å². The highest BCUT2D eigenvalue weighted by Gasteiger charge is 2.48. The van der Waals surface area contributed by atoms with Gasteiger partial charge in [-0.15, -0.1) is 0 Å². The molecule has 0 bridgehead atoms. The molecule has 0 saturated heterocycles. The lowest BCUT2D eigenvalue weighted by molar-refractivity contribution is -0.137. The molecule has 1 amide bonds. The number of rotatable bonds is 5. The molecule has 0 aliphatic heterocycles. The molecule has 20 heavy (non-hydrogen) atoms. The van der Waals surface area contributed by atoms with Gasteiger partial charge >= 0.3 is 0 Å². The molecule has 4 nitrogen and oxygen atoms in total. The van der Waals surface area contributed by atoms with Gasteiger partial charge in [0.1, 0.15) is 17.0 Å². The van der Waals surface area contributed by atoms with Crippen LogP contribution in [0, 0.1) is 5.41 Å². The number of carbonyl (C=O) groups is 3. The van der Waals surface area contributed by atoms with Crippen LogP contribution < -0.4 is 5.32 Å². The minimum absolute atomic E-state index is 0.0107. The van der Waals surface area contributed by atoms with E-state index in [2.05, 4.69) is 5.32 Å². The summed E-state index contributed by atoms with van der Waals surface area (Å²) in [5, 5.41) is 2.81. The Bertz CT molecular complexity index is 524. The molecule has 1 N–H and O–H groups in total. The zero-order valence-corrected chi connectivity index (χ0v) is 11.6. The van der Waals surface area contributed by atoms with E-state index < -0.39 is 5.41 Å². The summed E-state index contributed by atoms with van der Waals surface area (Å²) in [5.41, 5.74) is -0.332. The van der Waals surface area contributed by atoms with Gasteiger partial charge in [-0.05, 0) is 38.3 Å². The highest BCUT2D eigenvalue weighted by atomic mass is 16.2. The number of benzene rings is 1. The first kappa shape index (κ1) is 14.4. The van der Waals surface area contributed by atoms with Gasteiger partial charge in [-0.2, -0.15) is 0 Å². The largest absolute Gasteiger partial charge is 0.325 e. The van der Waals surface area contributed by atoms with E-state index in [0.717, 1.165) is 6.42 Å². The molecule has 0 unspecified atom stereocenters. The number of Topliss-reactive ketones (excluding diaryl/α,β-unsaturated/α-hetero) is 2. The summed E-state index contributed by atoms with van der Waals surface area (Å²) in [4.78, 5) is 35.9. The summed E-state index contributed by atoms with van der Waals surface area (Å²) < 4.78 is 0. The van der Waals surface area contributed by atoms with Crippen molar-refractivity contribution in [2.24, 2.45) is 5.41 Å². The van der Waals surface area contributed by atoms with Crippen LogP contribution in [0.5, 0.6) is 0 Å². The third-order valence-electron chi connectivity index (χ3n) is 3.91. The Hall–Kier alpha value is -1.97. The molecule has 0 spiro atoms. The first-order valence-electron chi connectivity index (χ1n) is 6.94. The van der Waals surface area contributed by atoms with Crippen LogP contribution in [0.2, 0.25) is 0 Å². The first-order chi connectivity index (χ1) is 9.54. The molecule has 0 heterocycles. The van der Waals surface area contributed by atoms with Crippen LogP contribution in [0.4, 0.5) is 5.69 Å². The second-order valence-electron chi connectivity index (χ2n) is 5.38. The summed E-state index contributed by atoms with van der Waals surface area (Å²) in [5.74, 6) is -0.295. The molecular weight excluding hydrogens is 254 g/mol. The summed E-state index contributed by atoms with van der Waals surface area (Å²) in [6.07, 6.45) is 2.28. The monoisotopic (exact) mass is 273 g/mol. The van der Waals surface area contributed by atoms with Crippen molar-refractivity contribution in [3.63, 3.8) is 0 Å². The third kappa shape index (κ3) is 2.95. The molecular formula is C16H19NO3. The number of hydrogen-bond donors (Lipinski definition) is 1. The molecule has 1 atom stereocenters. The third-order valence-corrected chi connectivity index (χ3v) is 3.91. The van der Waals surface area contributed by atoms with E-state index in [1.165, 1.54) is 6.92 Å². The Morgan fingerprint density at radius 2 is 1.95 bits per heavy atom. The van der Waals surface area contributed by atoms with Crippen LogP contribution >= 0.6 is 0 Å². The maximum atomic E-state index is 12.5. The number of nitrogens with one attached hydrogen (secondary N) is 1. The Morgan fingerprint density at radius 1 is 1.25 bits per heavy atom. The second-order valence-corrected chi connectivity index (χ2v) is 5.38. The topological polar surface area (TPSA) is 63.2 Å². The van der Waals surface area contributed by atoms with Crippen molar-refractivity contribution >= 4 is 23.2 Å². The van der Waals surface area contributed by atoms with Crippen LogP contribution in [-0.2, 0) is 14.4 Å². The van der Waals surface area contributed by atoms with Gasteiger partial charge < -0.3 is 10.1 Å². The van der Waals surface area contributed by atoms with Crippen LogP contribution in [0.1, 0.15) is 39.0 Å². The van der Waals surface area contributed by atoms with Crippen molar-refractivity contribution in [3.05, 3.63) is 30.3 Å². The molecule has 1 fully saturated rings. The fourth-order valence-electron chi connectivity index (χ4n) is 2.71. The van der Waals surface area contributed by atoms with E-state index in [4.69, 9.17) is 0 Å². The van der Waals surface area contributed by atoms with E-state index in [9.17, 15) is 14.4 Å². The van der Waals surface area contributed by atoms with Gasteiger partial charge in [-0.25, -0.2) is 0 Å². The number of hydrogen-bond acceptors (Lipinski definition) is 3. The summed E-state index contributed by atoms with van der Waals surface area (Å²) in [7, 11) is 0. The van der Waals surface area contributed by atoms with E-state index in [1.54, 1.807) is 12.1 Å². The highest BCUT2D eigenvalue weighted by Crippen LogP contribution is 2.40. The fourth-order valence-corrected chi connectivity index (χ4v) is 2.71. The van der Waals surface area contributed by atoms with Crippen LogP contribution in [0.15, 0.2) is 30.3 Å². The van der Waals surface area contributed by atoms with Crippen molar-refractivity contribution in [1.82, 2.24) is 0 Å². The standard InChI is InChI=1S/C16H19NO3/c1-12(18)9-11-16(10-5-8-14(16)19)15(20)17-13-6-3-2-4-7-13/h2-4,6-7H,5,8-11H2,1H3,(H,17,20)/t16-/m1/s1. The lowest BCUT2D eigenvalue weighted by Crippen LogP contribution is -2.40. The van der Waals surface area contributed by atoms with Crippen LogP contribution in [0.3, 0.4) is 0 Å². The number of ketones is 2. The predicted octanol–water partition coefficient (Wildman–Crippen LogP) is 2.73. The quantitative estimate of drug-likeness (QED) is 0.839. The molecule has 4 heteroatoms. The zero-order chi connectivity index (χ0) is 14.6. The normalized spacial score (nSPS) is 21.8. The van der Waals surface area contributed by atoms with Gasteiger partial charge in [0.05, 0.1) is 0 Å². The number of para-hydroxylation sites is 1. The zero-order valence-electron chi connectivity index (χ0n) is 11.6. The molecule has 1 aromatic carbocycles. The van der Waals surface area contributed by atoms with E-state index in [0.29, 0.717) is 24.9 Å². The van der Waals surface area contributed by atoms with Gasteiger partial charge in [0, 0.05) is 18.5 Å². The summed E-state index contributed by atoms with van der Waals surface area (Å²) >= 11 is 0. The molecule has 1 saturated carbocycles. The molecule has 1 aliphatic carbocycles. The lowest BCUT2D eigenvalue weighted by Gasteiger charge is -2.25. The summed E-state index contributed by atoms with van der Waals surface area (Å²) in [6, 6.07) is 9.09. The van der Waals surface area contributed by atoms with Gasteiger partial charge in [0.25, 0.3) is 0 Å². The maximum Gasteiger partial charge on any atom is 0.238 e. The Labute approximate surface area is 118 Å². The van der Waals surface area contributed by atoms with Gasteiger partial charge in [0.2, 0.25) is 5.91 Å². The lowest BCUT2D eigenvalue weighted by atomic mass is 9.79. The van der Waals surface area contributed by atoms with Crippen molar-refractivity contribution in [3.8, 4) is 0 Å². The SMILES string of the molecule is CC(=O)CC[C@]1(C(=O)Nc2ccccc2)CCCC1=O. The average molecular weight is 273 g/mol. The van der Waals surface area contributed by atoms with Crippen LogP contribution in [0.25, 0.3) is 0 Å². The minimum Gasteiger partial charge on any atom is -0.325 e. The van der Waals surface area contributed by atoms with Crippen LogP contribution in [-0.4, -0.2) is 17.5 Å². The fraction of sp³-hybridized carbons (Fsp3) is 0.438. The summed E-state index contributed by atoms with van der Waals surface area (Å²) in [6.45, 7) is 1.49.